The van der Waals surface area contributed by atoms with Gasteiger partial charge in [0, 0.05) is 11.1 Å². The second kappa shape index (κ2) is 9.32. The summed E-state index contributed by atoms with van der Waals surface area (Å²) in [5, 5.41) is 25.6. The number of carbonyl (C=O) groups is 2. The number of nitrogens with zero attached hydrogens (tertiary/aromatic N) is 4. The predicted molar refractivity (Wildman–Crippen MR) is 160 cm³/mol. The van der Waals surface area contributed by atoms with E-state index in [0.29, 0.717) is 12.2 Å². The molecule has 1 aliphatic carbocycles. The van der Waals surface area contributed by atoms with Crippen molar-refractivity contribution in [3.05, 3.63) is 137 Å². The lowest BCUT2D eigenvalue weighted by Crippen LogP contribution is -2.33. The summed E-state index contributed by atoms with van der Waals surface area (Å²) in [6.07, 6.45) is 3.44. The number of aromatic nitrogens is 4. The van der Waals surface area contributed by atoms with Crippen molar-refractivity contribution >= 4 is 44.4 Å². The number of hydrogen-bond donors (Lipinski definition) is 2. The van der Waals surface area contributed by atoms with E-state index < -0.39 is 11.6 Å². The summed E-state index contributed by atoms with van der Waals surface area (Å²) < 4.78 is 3.53. The number of benzene rings is 5. The van der Waals surface area contributed by atoms with Gasteiger partial charge in [-0.05, 0) is 34.5 Å². The molecule has 2 N–H and O–H groups in total. The lowest BCUT2D eigenvalue weighted by atomic mass is 9.82. The summed E-state index contributed by atoms with van der Waals surface area (Å²) in [5.74, 6) is -1.73. The molecule has 8 nitrogen and oxygen atoms in total. The van der Waals surface area contributed by atoms with Crippen LogP contribution in [0.2, 0.25) is 0 Å². The van der Waals surface area contributed by atoms with Gasteiger partial charge in [0.1, 0.15) is 18.8 Å². The first-order valence-electron chi connectivity index (χ1n) is 13.8. The van der Waals surface area contributed by atoms with E-state index in [1.165, 1.54) is 0 Å². The van der Waals surface area contributed by atoms with Crippen molar-refractivity contribution in [1.82, 2.24) is 14.5 Å². The molecule has 0 aliphatic heterocycles. The Morgan fingerprint density at radius 3 is 2.14 bits per heavy atom. The smallest absolute Gasteiger partial charge is 0.245 e. The highest BCUT2D eigenvalue weighted by Gasteiger charge is 2.40. The summed E-state index contributed by atoms with van der Waals surface area (Å²) in [6.45, 7) is 0.534. The van der Waals surface area contributed by atoms with Crippen LogP contribution in [0.25, 0.3) is 32.8 Å². The van der Waals surface area contributed by atoms with E-state index in [9.17, 15) is 19.8 Å². The molecule has 0 saturated heterocycles. The summed E-state index contributed by atoms with van der Waals surface area (Å²) in [7, 11) is 0. The maximum atomic E-state index is 13.7. The average molecular weight is 564 g/mol. The topological polar surface area (TPSA) is 109 Å². The first-order chi connectivity index (χ1) is 21.0. The molecule has 0 amide bonds. The Hall–Kier alpha value is -5.89. The molecular formula is C35H23N4O4+. The van der Waals surface area contributed by atoms with Gasteiger partial charge >= 0.3 is 0 Å². The number of ketones is 2. The first-order valence-corrected chi connectivity index (χ1v) is 13.8. The number of phenolic OH excluding ortho intramolecular Hbond substituents is 2. The van der Waals surface area contributed by atoms with E-state index in [1.807, 2.05) is 60.7 Å². The molecule has 43 heavy (non-hydrogen) atoms. The number of aromatic hydroxyl groups is 2. The van der Waals surface area contributed by atoms with Gasteiger partial charge in [-0.15, -0.1) is 0 Å². The number of imidazole rings is 1. The Balaban J connectivity index is 1.35. The number of hydrogen-bond acceptors (Lipinski definition) is 6. The number of phenols is 2. The zero-order valence-electron chi connectivity index (χ0n) is 22.7. The predicted octanol–water partition coefficient (Wildman–Crippen LogP) is 5.31. The monoisotopic (exact) mass is 563 g/mol. The van der Waals surface area contributed by atoms with Crippen molar-refractivity contribution in [3.8, 4) is 11.5 Å². The van der Waals surface area contributed by atoms with Crippen molar-refractivity contribution in [1.29, 1.82) is 0 Å². The Morgan fingerprint density at radius 2 is 1.37 bits per heavy atom. The van der Waals surface area contributed by atoms with E-state index in [0.717, 1.165) is 27.4 Å². The minimum atomic E-state index is -0.515. The van der Waals surface area contributed by atoms with Gasteiger partial charge in [0.2, 0.25) is 17.4 Å². The highest BCUT2D eigenvalue weighted by atomic mass is 16.3. The van der Waals surface area contributed by atoms with Crippen LogP contribution in [0.3, 0.4) is 0 Å². The van der Waals surface area contributed by atoms with Crippen LogP contribution < -0.4 is 4.57 Å². The van der Waals surface area contributed by atoms with Crippen LogP contribution >= 0.6 is 0 Å². The molecule has 8 rings (SSSR count). The normalized spacial score (nSPS) is 12.7. The molecule has 0 bridgehead atoms. The molecule has 5 aromatic carbocycles. The Morgan fingerprint density at radius 1 is 0.721 bits per heavy atom. The van der Waals surface area contributed by atoms with Gasteiger partial charge in [-0.1, -0.05) is 72.8 Å². The van der Waals surface area contributed by atoms with Crippen LogP contribution in [0.15, 0.2) is 104 Å². The van der Waals surface area contributed by atoms with Gasteiger partial charge in [0.25, 0.3) is 0 Å². The van der Waals surface area contributed by atoms with Crippen LogP contribution in [0.4, 0.5) is 0 Å². The molecule has 2 heterocycles. The third-order valence-corrected chi connectivity index (χ3v) is 8.12. The van der Waals surface area contributed by atoms with Crippen molar-refractivity contribution in [3.63, 3.8) is 0 Å². The number of carbonyl (C=O) groups excluding carboxylic acids is 2. The van der Waals surface area contributed by atoms with Gasteiger partial charge < -0.3 is 10.2 Å². The molecular weight excluding hydrogens is 540 g/mol. The zero-order chi connectivity index (χ0) is 29.2. The van der Waals surface area contributed by atoms with Crippen LogP contribution in [0.5, 0.6) is 11.5 Å². The minimum absolute atomic E-state index is 0.191. The number of rotatable bonds is 4. The lowest BCUT2D eigenvalue weighted by Gasteiger charge is -2.19. The van der Waals surface area contributed by atoms with Gasteiger partial charge in [0.05, 0.1) is 28.4 Å². The van der Waals surface area contributed by atoms with Gasteiger partial charge in [-0.2, -0.15) is 0 Å². The summed E-state index contributed by atoms with van der Waals surface area (Å²) in [6, 6.07) is 28.2. The fourth-order valence-corrected chi connectivity index (χ4v) is 6.14. The molecule has 2 aromatic heterocycles. The summed E-state index contributed by atoms with van der Waals surface area (Å²) in [4.78, 5) is 36.6. The minimum Gasteiger partial charge on any atom is -0.503 e. The second-order valence-electron chi connectivity index (χ2n) is 10.8. The van der Waals surface area contributed by atoms with E-state index in [4.69, 9.17) is 4.98 Å². The van der Waals surface area contributed by atoms with E-state index in [-0.39, 0.29) is 51.3 Å². The molecule has 0 fully saturated rings. The fraction of sp³-hybridized carbons (Fsp3) is 0.0571. The Bertz CT molecular complexity index is 2160. The Kier molecular flexibility index (Phi) is 5.39. The first kappa shape index (κ1) is 24.9. The van der Waals surface area contributed by atoms with E-state index >= 15 is 0 Å². The maximum absolute atomic E-state index is 13.7. The van der Waals surface area contributed by atoms with Crippen LogP contribution in [-0.4, -0.2) is 36.3 Å². The molecule has 1 aliphatic rings. The van der Waals surface area contributed by atoms with Crippen molar-refractivity contribution in [2.45, 2.75) is 13.1 Å². The maximum Gasteiger partial charge on any atom is 0.245 e. The molecule has 0 spiro atoms. The number of para-hydroxylation sites is 2. The van der Waals surface area contributed by atoms with Crippen LogP contribution in [0.1, 0.15) is 43.1 Å². The summed E-state index contributed by atoms with van der Waals surface area (Å²) >= 11 is 0. The van der Waals surface area contributed by atoms with Crippen LogP contribution in [-0.2, 0) is 13.1 Å². The Labute approximate surface area is 244 Å². The summed E-state index contributed by atoms with van der Waals surface area (Å²) in [5.41, 5.74) is 3.54. The molecule has 8 heteroatoms. The molecule has 7 aromatic rings. The SMILES string of the molecule is O=C1c2ccccc2C(=O)c2c1c(O)c1c(c2O)[n+](Cc2ccc3ccccc3c2)cn1Cc1cnc2ccccc2n1. The van der Waals surface area contributed by atoms with Crippen molar-refractivity contribution in [2.24, 2.45) is 0 Å². The number of fused-ring (bicyclic) bond motifs is 5. The van der Waals surface area contributed by atoms with Crippen molar-refractivity contribution in [2.75, 3.05) is 0 Å². The molecule has 0 unspecified atom stereocenters. The molecule has 206 valence electrons. The van der Waals surface area contributed by atoms with Gasteiger partial charge in [0.15, 0.2) is 23.1 Å². The second-order valence-corrected chi connectivity index (χ2v) is 10.8. The molecule has 0 atom stereocenters. The van der Waals surface area contributed by atoms with Crippen LogP contribution in [0, 0.1) is 0 Å². The van der Waals surface area contributed by atoms with E-state index in [2.05, 4.69) is 11.1 Å². The van der Waals surface area contributed by atoms with Gasteiger partial charge in [-0.25, -0.2) is 14.1 Å². The lowest BCUT2D eigenvalue weighted by molar-refractivity contribution is -0.663. The van der Waals surface area contributed by atoms with E-state index in [1.54, 1.807) is 45.9 Å². The third-order valence-electron chi connectivity index (χ3n) is 8.12. The van der Waals surface area contributed by atoms with Crippen molar-refractivity contribution < 1.29 is 24.4 Å². The third kappa shape index (κ3) is 3.80. The fourth-order valence-electron chi connectivity index (χ4n) is 6.14. The quantitative estimate of drug-likeness (QED) is 0.222. The zero-order valence-corrected chi connectivity index (χ0v) is 22.7. The highest BCUT2D eigenvalue weighted by molar-refractivity contribution is 6.32. The largest absolute Gasteiger partial charge is 0.503 e. The molecule has 0 radical (unpaired) electrons. The molecule has 0 saturated carbocycles. The average Bonchev–Trinajstić information content (AvgIpc) is 3.39. The standard InChI is InChI=1S/C35H22N4O4/c40-32-24-9-3-4-10-25(24)33(41)29-28(32)34(42)30-31(35(29)43)39(18-23-16-36-26-11-5-6-12-27(26)37-23)19-38(30)17-20-13-14-21-7-1-2-8-22(21)15-20/h1-16,19H,17-18H2,(H-,36,37,40,41,42,43)/p+1. The van der Waals surface area contributed by atoms with Gasteiger partial charge in [-0.3, -0.25) is 14.6 Å². The highest BCUT2D eigenvalue weighted by Crippen LogP contribution is 2.43.